The molecular formula is C15H21NO4. The highest BCUT2D eigenvalue weighted by Gasteiger charge is 2.30. The molecule has 0 aliphatic carbocycles. The van der Waals surface area contributed by atoms with Crippen molar-refractivity contribution >= 4 is 17.6 Å². The maximum Gasteiger partial charge on any atom is 0.320 e. The van der Waals surface area contributed by atoms with Gasteiger partial charge in [0.25, 0.3) is 0 Å². The van der Waals surface area contributed by atoms with Crippen LogP contribution in [0.4, 0.5) is 5.69 Å². The standard InChI is InChI=1S/C15H21NO4/c1-15(2,3)20-14(19)12(13(17)18)9-6-10-4-7-11(16)8-5-10/h4-5,7-8,12H,6,9,16H2,1-3H3,(H,17,18). The number of carbonyl (C=O) groups is 2. The summed E-state index contributed by atoms with van der Waals surface area (Å²) in [7, 11) is 0. The molecule has 0 aliphatic rings. The fourth-order valence-corrected chi connectivity index (χ4v) is 1.71. The number of carboxylic acid groups (broad SMARTS) is 1. The van der Waals surface area contributed by atoms with Gasteiger partial charge in [0.15, 0.2) is 5.92 Å². The Balaban J connectivity index is 2.66. The van der Waals surface area contributed by atoms with E-state index in [1.165, 1.54) is 0 Å². The molecule has 5 nitrogen and oxygen atoms in total. The van der Waals surface area contributed by atoms with Crippen molar-refractivity contribution in [2.45, 2.75) is 39.2 Å². The quantitative estimate of drug-likeness (QED) is 0.490. The first kappa shape index (κ1) is 16.0. The number of hydrogen-bond acceptors (Lipinski definition) is 4. The Kier molecular flexibility index (Phi) is 5.13. The molecule has 1 unspecified atom stereocenters. The van der Waals surface area contributed by atoms with Gasteiger partial charge in [0.05, 0.1) is 0 Å². The van der Waals surface area contributed by atoms with Crippen LogP contribution in [0.5, 0.6) is 0 Å². The Hall–Kier alpha value is -2.04. The largest absolute Gasteiger partial charge is 0.481 e. The molecule has 0 spiro atoms. The van der Waals surface area contributed by atoms with Crippen molar-refractivity contribution in [3.05, 3.63) is 29.8 Å². The maximum absolute atomic E-state index is 11.9. The Morgan fingerprint density at radius 1 is 1.25 bits per heavy atom. The summed E-state index contributed by atoms with van der Waals surface area (Å²) in [5.74, 6) is -3.00. The molecular weight excluding hydrogens is 258 g/mol. The van der Waals surface area contributed by atoms with E-state index in [2.05, 4.69) is 0 Å². The highest BCUT2D eigenvalue weighted by molar-refractivity contribution is 5.94. The van der Waals surface area contributed by atoms with Gasteiger partial charge in [0, 0.05) is 5.69 Å². The van der Waals surface area contributed by atoms with Gasteiger partial charge in [0.2, 0.25) is 0 Å². The highest BCUT2D eigenvalue weighted by Crippen LogP contribution is 2.17. The van der Waals surface area contributed by atoms with Crippen LogP contribution < -0.4 is 5.73 Å². The number of esters is 1. The lowest BCUT2D eigenvalue weighted by molar-refractivity contribution is -0.167. The van der Waals surface area contributed by atoms with Gasteiger partial charge in [-0.2, -0.15) is 0 Å². The number of hydrogen-bond donors (Lipinski definition) is 2. The number of aryl methyl sites for hydroxylation is 1. The van der Waals surface area contributed by atoms with E-state index >= 15 is 0 Å². The van der Waals surface area contributed by atoms with E-state index in [1.54, 1.807) is 32.9 Å². The number of carboxylic acids is 1. The molecule has 3 N–H and O–H groups in total. The van der Waals surface area contributed by atoms with E-state index < -0.39 is 23.5 Å². The first-order valence-corrected chi connectivity index (χ1v) is 6.49. The number of rotatable bonds is 5. The second-order valence-electron chi connectivity index (χ2n) is 5.70. The summed E-state index contributed by atoms with van der Waals surface area (Å²) in [5, 5.41) is 9.14. The Morgan fingerprint density at radius 3 is 2.25 bits per heavy atom. The van der Waals surface area contributed by atoms with Gasteiger partial charge in [-0.3, -0.25) is 9.59 Å². The van der Waals surface area contributed by atoms with Gasteiger partial charge >= 0.3 is 11.9 Å². The van der Waals surface area contributed by atoms with Crippen molar-refractivity contribution in [2.24, 2.45) is 5.92 Å². The molecule has 5 heteroatoms. The summed E-state index contributed by atoms with van der Waals surface area (Å²) in [6, 6.07) is 7.14. The molecule has 0 radical (unpaired) electrons. The zero-order chi connectivity index (χ0) is 15.3. The normalized spacial score (nSPS) is 12.8. The Bertz CT molecular complexity index is 474. The predicted molar refractivity (Wildman–Crippen MR) is 76.1 cm³/mol. The van der Waals surface area contributed by atoms with Crippen LogP contribution in [0.1, 0.15) is 32.8 Å². The highest BCUT2D eigenvalue weighted by atomic mass is 16.6. The van der Waals surface area contributed by atoms with Crippen molar-refractivity contribution in [1.29, 1.82) is 0 Å². The molecule has 0 bridgehead atoms. The number of aliphatic carboxylic acids is 1. The average molecular weight is 279 g/mol. The zero-order valence-corrected chi connectivity index (χ0v) is 12.1. The molecule has 0 fully saturated rings. The summed E-state index contributed by atoms with van der Waals surface area (Å²) in [5.41, 5.74) is 6.48. The van der Waals surface area contributed by atoms with E-state index in [0.717, 1.165) is 5.56 Å². The van der Waals surface area contributed by atoms with Gasteiger partial charge < -0.3 is 15.6 Å². The molecule has 1 atom stereocenters. The summed E-state index contributed by atoms with van der Waals surface area (Å²) < 4.78 is 5.13. The summed E-state index contributed by atoms with van der Waals surface area (Å²) in [6.45, 7) is 5.14. The molecule has 0 saturated heterocycles. The fourth-order valence-electron chi connectivity index (χ4n) is 1.71. The number of anilines is 1. The van der Waals surface area contributed by atoms with Crippen LogP contribution in [0.2, 0.25) is 0 Å². The minimum Gasteiger partial charge on any atom is -0.481 e. The molecule has 0 saturated carbocycles. The van der Waals surface area contributed by atoms with E-state index in [-0.39, 0.29) is 6.42 Å². The third-order valence-corrected chi connectivity index (χ3v) is 2.69. The smallest absolute Gasteiger partial charge is 0.320 e. The van der Waals surface area contributed by atoms with Gasteiger partial charge in [0.1, 0.15) is 5.60 Å². The number of carbonyl (C=O) groups excluding carboxylic acids is 1. The van der Waals surface area contributed by atoms with E-state index in [1.807, 2.05) is 12.1 Å². The van der Waals surface area contributed by atoms with Crippen LogP contribution in [-0.4, -0.2) is 22.6 Å². The molecule has 0 aliphatic heterocycles. The van der Waals surface area contributed by atoms with Crippen LogP contribution >= 0.6 is 0 Å². The predicted octanol–water partition coefficient (Wildman–Crippen LogP) is 2.24. The van der Waals surface area contributed by atoms with Crippen LogP contribution in [-0.2, 0) is 20.7 Å². The van der Waals surface area contributed by atoms with Crippen LogP contribution in [0, 0.1) is 5.92 Å². The van der Waals surface area contributed by atoms with Crippen LogP contribution in [0.25, 0.3) is 0 Å². The number of ether oxygens (including phenoxy) is 1. The lowest BCUT2D eigenvalue weighted by Gasteiger charge is -2.22. The lowest BCUT2D eigenvalue weighted by Crippen LogP contribution is -2.33. The molecule has 0 heterocycles. The first-order chi connectivity index (χ1) is 9.19. The van der Waals surface area contributed by atoms with E-state index in [0.29, 0.717) is 12.1 Å². The van der Waals surface area contributed by atoms with E-state index in [4.69, 9.17) is 15.6 Å². The van der Waals surface area contributed by atoms with Crippen molar-refractivity contribution in [3.63, 3.8) is 0 Å². The van der Waals surface area contributed by atoms with Crippen molar-refractivity contribution < 1.29 is 19.4 Å². The number of benzene rings is 1. The van der Waals surface area contributed by atoms with Crippen molar-refractivity contribution in [2.75, 3.05) is 5.73 Å². The van der Waals surface area contributed by atoms with Crippen molar-refractivity contribution in [3.8, 4) is 0 Å². The number of nitrogen functional groups attached to an aromatic ring is 1. The van der Waals surface area contributed by atoms with E-state index in [9.17, 15) is 9.59 Å². The zero-order valence-electron chi connectivity index (χ0n) is 12.1. The monoisotopic (exact) mass is 279 g/mol. The SMILES string of the molecule is CC(C)(C)OC(=O)C(CCc1ccc(N)cc1)C(=O)O. The van der Waals surface area contributed by atoms with Gasteiger partial charge in [-0.1, -0.05) is 12.1 Å². The third kappa shape index (κ3) is 5.30. The topological polar surface area (TPSA) is 89.6 Å². The Morgan fingerprint density at radius 2 is 1.80 bits per heavy atom. The second-order valence-corrected chi connectivity index (χ2v) is 5.70. The second kappa shape index (κ2) is 6.41. The molecule has 0 amide bonds. The average Bonchev–Trinajstić information content (AvgIpc) is 2.29. The molecule has 1 rings (SSSR count). The van der Waals surface area contributed by atoms with Crippen LogP contribution in [0.15, 0.2) is 24.3 Å². The van der Waals surface area contributed by atoms with Crippen LogP contribution in [0.3, 0.4) is 0 Å². The van der Waals surface area contributed by atoms with Gasteiger partial charge in [-0.25, -0.2) is 0 Å². The van der Waals surface area contributed by atoms with Crippen molar-refractivity contribution in [1.82, 2.24) is 0 Å². The fraction of sp³-hybridized carbons (Fsp3) is 0.467. The molecule has 1 aromatic rings. The molecule has 0 aromatic heterocycles. The molecule has 110 valence electrons. The summed E-state index contributed by atoms with van der Waals surface area (Å²) >= 11 is 0. The first-order valence-electron chi connectivity index (χ1n) is 6.49. The molecule has 20 heavy (non-hydrogen) atoms. The Labute approximate surface area is 118 Å². The summed E-state index contributed by atoms with van der Waals surface area (Å²) in [6.07, 6.45) is 0.685. The van der Waals surface area contributed by atoms with Gasteiger partial charge in [-0.05, 0) is 51.3 Å². The maximum atomic E-state index is 11.9. The van der Waals surface area contributed by atoms with Gasteiger partial charge in [-0.15, -0.1) is 0 Å². The summed E-state index contributed by atoms with van der Waals surface area (Å²) in [4.78, 5) is 23.0. The third-order valence-electron chi connectivity index (χ3n) is 2.69. The minimum atomic E-state index is -1.16. The minimum absolute atomic E-state index is 0.203. The molecule has 1 aromatic carbocycles. The lowest BCUT2D eigenvalue weighted by atomic mass is 9.99. The number of nitrogens with two attached hydrogens (primary N) is 1.